The van der Waals surface area contributed by atoms with E-state index in [1.54, 1.807) is 60.1 Å². The van der Waals surface area contributed by atoms with Gasteiger partial charge in [0, 0.05) is 28.5 Å². The van der Waals surface area contributed by atoms with Gasteiger partial charge in [0.2, 0.25) is 5.91 Å². The molecule has 0 bridgehead atoms. The number of primary amides is 2. The SMILES string of the molecule is Cc1nn(Cc2ccc(S(C)(=O)=O)cc2)c(C)c1-c1c(C(N)=O)nc2ccccc2c1C(N)=O. The van der Waals surface area contributed by atoms with E-state index in [-0.39, 0.29) is 21.7 Å². The Morgan fingerprint density at radius 2 is 1.59 bits per heavy atom. The van der Waals surface area contributed by atoms with Gasteiger partial charge in [0.25, 0.3) is 5.91 Å². The van der Waals surface area contributed by atoms with E-state index in [9.17, 15) is 18.0 Å². The third-order valence-electron chi connectivity index (χ3n) is 5.69. The van der Waals surface area contributed by atoms with Crippen molar-refractivity contribution in [2.45, 2.75) is 25.3 Å². The number of sulfone groups is 1. The Balaban J connectivity index is 1.91. The number of nitrogens with zero attached hydrogens (tertiary/aromatic N) is 3. The third-order valence-corrected chi connectivity index (χ3v) is 6.82. The highest BCUT2D eigenvalue weighted by Crippen LogP contribution is 2.36. The molecule has 0 saturated carbocycles. The first-order chi connectivity index (χ1) is 16.0. The van der Waals surface area contributed by atoms with Crippen molar-refractivity contribution in [3.63, 3.8) is 0 Å². The highest BCUT2D eigenvalue weighted by molar-refractivity contribution is 7.90. The minimum atomic E-state index is -3.30. The highest BCUT2D eigenvalue weighted by Gasteiger charge is 2.27. The van der Waals surface area contributed by atoms with Crippen LogP contribution in [0.25, 0.3) is 22.0 Å². The molecule has 0 aliphatic rings. The van der Waals surface area contributed by atoms with E-state index in [4.69, 9.17) is 11.5 Å². The number of aryl methyl sites for hydroxylation is 1. The fourth-order valence-electron chi connectivity index (χ4n) is 4.12. The van der Waals surface area contributed by atoms with Crippen LogP contribution in [0, 0.1) is 13.8 Å². The molecular formula is C24H23N5O4S. The van der Waals surface area contributed by atoms with Gasteiger partial charge in [-0.05, 0) is 37.6 Å². The van der Waals surface area contributed by atoms with Crippen molar-refractivity contribution in [3.05, 3.63) is 76.7 Å². The molecule has 0 spiro atoms. The smallest absolute Gasteiger partial charge is 0.267 e. The van der Waals surface area contributed by atoms with E-state index in [0.717, 1.165) is 11.8 Å². The van der Waals surface area contributed by atoms with Crippen LogP contribution in [0.1, 0.15) is 37.8 Å². The Kier molecular flexibility index (Phi) is 5.70. The quantitative estimate of drug-likeness (QED) is 0.435. The van der Waals surface area contributed by atoms with Gasteiger partial charge in [-0.25, -0.2) is 13.4 Å². The zero-order valence-corrected chi connectivity index (χ0v) is 19.7. The molecular weight excluding hydrogens is 454 g/mol. The summed E-state index contributed by atoms with van der Waals surface area (Å²) >= 11 is 0. The second kappa shape index (κ2) is 8.38. The maximum absolute atomic E-state index is 12.6. The monoisotopic (exact) mass is 477 g/mol. The average molecular weight is 478 g/mol. The van der Waals surface area contributed by atoms with E-state index in [0.29, 0.717) is 34.4 Å². The van der Waals surface area contributed by atoms with Gasteiger partial charge in [0.15, 0.2) is 9.84 Å². The summed E-state index contributed by atoms with van der Waals surface area (Å²) < 4.78 is 25.2. The average Bonchev–Trinajstić information content (AvgIpc) is 3.04. The van der Waals surface area contributed by atoms with Crippen LogP contribution in [-0.2, 0) is 16.4 Å². The number of nitrogens with two attached hydrogens (primary N) is 2. The van der Waals surface area contributed by atoms with Crippen LogP contribution in [0.15, 0.2) is 53.4 Å². The Bertz CT molecular complexity index is 1570. The summed E-state index contributed by atoms with van der Waals surface area (Å²) in [4.78, 5) is 29.6. The lowest BCUT2D eigenvalue weighted by Gasteiger charge is -2.14. The number of pyridine rings is 1. The molecule has 2 heterocycles. The fourth-order valence-corrected chi connectivity index (χ4v) is 4.75. The molecule has 0 aliphatic carbocycles. The van der Waals surface area contributed by atoms with Gasteiger partial charge in [-0.3, -0.25) is 14.3 Å². The van der Waals surface area contributed by atoms with Crippen LogP contribution in [0.4, 0.5) is 0 Å². The number of hydrogen-bond donors (Lipinski definition) is 2. The molecule has 10 heteroatoms. The lowest BCUT2D eigenvalue weighted by atomic mass is 9.92. The fraction of sp³-hybridized carbons (Fsp3) is 0.167. The summed E-state index contributed by atoms with van der Waals surface area (Å²) in [7, 11) is -3.30. The van der Waals surface area contributed by atoms with Gasteiger partial charge >= 0.3 is 0 Å². The van der Waals surface area contributed by atoms with Gasteiger partial charge in [-0.1, -0.05) is 30.3 Å². The second-order valence-corrected chi connectivity index (χ2v) is 10.1. The predicted molar refractivity (Wildman–Crippen MR) is 128 cm³/mol. The standard InChI is InChI=1S/C24H23N5O4S/c1-13-19(14(2)29(28-13)12-15-8-10-16(11-9-15)34(3,32)33)21-20(23(25)30)17-6-4-5-7-18(17)27-22(21)24(26)31/h4-11H,12H2,1-3H3,(H2,25,30)(H2,26,31). The van der Waals surface area contributed by atoms with E-state index < -0.39 is 21.7 Å². The Hall–Kier alpha value is -4.05. The van der Waals surface area contributed by atoms with Crippen LogP contribution in [-0.4, -0.2) is 41.3 Å². The number of carbonyl (C=O) groups is 2. The molecule has 4 N–H and O–H groups in total. The predicted octanol–water partition coefficient (Wildman–Crippen LogP) is 2.36. The number of fused-ring (bicyclic) bond motifs is 1. The second-order valence-electron chi connectivity index (χ2n) is 8.08. The van der Waals surface area contributed by atoms with Gasteiger partial charge in [-0.2, -0.15) is 5.10 Å². The number of para-hydroxylation sites is 1. The van der Waals surface area contributed by atoms with Crippen molar-refractivity contribution >= 4 is 32.6 Å². The van der Waals surface area contributed by atoms with Crippen LogP contribution >= 0.6 is 0 Å². The van der Waals surface area contributed by atoms with Crippen LogP contribution in [0.5, 0.6) is 0 Å². The number of rotatable bonds is 6. The maximum atomic E-state index is 12.6. The topological polar surface area (TPSA) is 151 Å². The van der Waals surface area contributed by atoms with Crippen molar-refractivity contribution in [1.82, 2.24) is 14.8 Å². The van der Waals surface area contributed by atoms with Gasteiger partial charge < -0.3 is 11.5 Å². The molecule has 174 valence electrons. The van der Waals surface area contributed by atoms with Crippen molar-refractivity contribution < 1.29 is 18.0 Å². The Labute approximate surface area is 196 Å². The molecule has 4 rings (SSSR count). The summed E-state index contributed by atoms with van der Waals surface area (Å²) in [6.45, 7) is 3.91. The summed E-state index contributed by atoms with van der Waals surface area (Å²) in [5.41, 5.74) is 14.8. The summed E-state index contributed by atoms with van der Waals surface area (Å²) in [5.74, 6) is -1.50. The van der Waals surface area contributed by atoms with Gasteiger partial charge in [0.1, 0.15) is 5.69 Å². The van der Waals surface area contributed by atoms with E-state index in [2.05, 4.69) is 10.1 Å². The first kappa shape index (κ1) is 23.1. The molecule has 0 aliphatic heterocycles. The molecule has 2 aromatic heterocycles. The zero-order chi connectivity index (χ0) is 24.8. The van der Waals surface area contributed by atoms with Gasteiger partial charge in [-0.15, -0.1) is 0 Å². The summed E-state index contributed by atoms with van der Waals surface area (Å²) in [6.07, 6.45) is 1.15. The number of hydrogen-bond acceptors (Lipinski definition) is 6. The summed E-state index contributed by atoms with van der Waals surface area (Å²) in [6, 6.07) is 13.4. The lowest BCUT2D eigenvalue weighted by molar-refractivity contribution is 0.0996. The molecule has 9 nitrogen and oxygen atoms in total. The number of aromatic nitrogens is 3. The molecule has 0 radical (unpaired) electrons. The number of amides is 2. The molecule has 0 atom stereocenters. The largest absolute Gasteiger partial charge is 0.366 e. The van der Waals surface area contributed by atoms with Crippen LogP contribution in [0.3, 0.4) is 0 Å². The van der Waals surface area contributed by atoms with E-state index in [1.165, 1.54) is 0 Å². The van der Waals surface area contributed by atoms with E-state index in [1.807, 2.05) is 6.92 Å². The minimum absolute atomic E-state index is 0.0595. The van der Waals surface area contributed by atoms with Crippen molar-refractivity contribution in [1.29, 1.82) is 0 Å². The molecule has 34 heavy (non-hydrogen) atoms. The van der Waals surface area contributed by atoms with E-state index >= 15 is 0 Å². The molecule has 2 amide bonds. The highest BCUT2D eigenvalue weighted by atomic mass is 32.2. The Morgan fingerprint density at radius 3 is 2.18 bits per heavy atom. The zero-order valence-electron chi connectivity index (χ0n) is 18.9. The molecule has 0 unspecified atom stereocenters. The van der Waals surface area contributed by atoms with Crippen molar-refractivity contribution in [3.8, 4) is 11.1 Å². The van der Waals surface area contributed by atoms with Gasteiger partial charge in [0.05, 0.1) is 28.2 Å². The normalized spacial score (nSPS) is 11.6. The van der Waals surface area contributed by atoms with Crippen LogP contribution in [0.2, 0.25) is 0 Å². The molecule has 0 saturated heterocycles. The first-order valence-electron chi connectivity index (χ1n) is 10.3. The molecule has 0 fully saturated rings. The molecule has 2 aromatic carbocycles. The van der Waals surface area contributed by atoms with Crippen molar-refractivity contribution in [2.75, 3.05) is 6.26 Å². The van der Waals surface area contributed by atoms with Crippen LogP contribution < -0.4 is 11.5 Å². The van der Waals surface area contributed by atoms with Crippen molar-refractivity contribution in [2.24, 2.45) is 11.5 Å². The molecule has 4 aromatic rings. The first-order valence-corrected chi connectivity index (χ1v) is 12.2. The Morgan fingerprint density at radius 1 is 0.941 bits per heavy atom. The number of benzene rings is 2. The number of carbonyl (C=O) groups excluding carboxylic acids is 2. The lowest BCUT2D eigenvalue weighted by Crippen LogP contribution is -2.21. The minimum Gasteiger partial charge on any atom is -0.366 e. The third kappa shape index (κ3) is 4.03. The summed E-state index contributed by atoms with van der Waals surface area (Å²) in [5, 5.41) is 5.11. The maximum Gasteiger partial charge on any atom is 0.267 e.